The van der Waals surface area contributed by atoms with Crippen molar-refractivity contribution in [3.63, 3.8) is 0 Å². The highest BCUT2D eigenvalue weighted by Gasteiger charge is 2.52. The lowest BCUT2D eigenvalue weighted by Crippen LogP contribution is -2.26. The third-order valence-corrected chi connectivity index (χ3v) is 16.1. The number of fused-ring (bicyclic) bond motifs is 17. The Kier molecular flexibility index (Phi) is 7.51. The maximum atomic E-state index is 2.58. The van der Waals surface area contributed by atoms with Crippen LogP contribution >= 0.6 is 0 Å². The lowest BCUT2D eigenvalue weighted by Gasteiger charge is -2.33. The van der Waals surface area contributed by atoms with E-state index in [0.29, 0.717) is 0 Å². The normalized spacial score (nSPS) is 15.3. The summed E-state index contributed by atoms with van der Waals surface area (Å²) in [5.74, 6) is 0. The standard InChI is InChI=1S/C65H47N/c1-63(2)53-25-11-7-20-46(53)50-35-32-42(38-59(50)63)66(43-33-36-51-49-34-31-41(37-58(49)64(3,4)60(51)39-43)45-24-15-18-40-17-5-6-19-44(40)45)61-30-16-29-57-62(61)52-23-10-14-28-56(52)65(57)54-26-12-8-21-47(54)48-22-9-13-27-55(48)65/h5-39H,1-4H3. The van der Waals surface area contributed by atoms with E-state index >= 15 is 0 Å². The maximum absolute atomic E-state index is 2.58. The zero-order chi connectivity index (χ0) is 44.1. The zero-order valence-electron chi connectivity index (χ0n) is 37.7. The highest BCUT2D eigenvalue weighted by Crippen LogP contribution is 2.65. The van der Waals surface area contributed by atoms with Gasteiger partial charge in [0.25, 0.3) is 0 Å². The highest BCUT2D eigenvalue weighted by molar-refractivity contribution is 6.02. The Labute approximate surface area is 387 Å². The summed E-state index contributed by atoms with van der Waals surface area (Å²) in [6.07, 6.45) is 0. The molecule has 66 heavy (non-hydrogen) atoms. The second-order valence-corrected chi connectivity index (χ2v) is 20.0. The summed E-state index contributed by atoms with van der Waals surface area (Å²) >= 11 is 0. The third kappa shape index (κ3) is 4.75. The fourth-order valence-electron chi connectivity index (χ4n) is 13.1. The van der Waals surface area contributed by atoms with Crippen LogP contribution in [0.1, 0.15) is 72.2 Å². The molecule has 10 aromatic rings. The molecule has 10 aromatic carbocycles. The molecule has 0 atom stereocenters. The van der Waals surface area contributed by atoms with Gasteiger partial charge < -0.3 is 4.90 Å². The molecule has 0 fully saturated rings. The third-order valence-electron chi connectivity index (χ3n) is 16.1. The Morgan fingerprint density at radius 2 is 0.727 bits per heavy atom. The summed E-state index contributed by atoms with van der Waals surface area (Å²) in [4.78, 5) is 2.58. The number of rotatable bonds is 4. The van der Waals surface area contributed by atoms with Gasteiger partial charge in [-0.15, -0.1) is 0 Å². The average molecular weight is 842 g/mol. The second-order valence-electron chi connectivity index (χ2n) is 20.0. The van der Waals surface area contributed by atoms with Crippen LogP contribution in [0.4, 0.5) is 17.1 Å². The Morgan fingerprint density at radius 1 is 0.303 bits per heavy atom. The molecule has 1 nitrogen and oxygen atoms in total. The summed E-state index contributed by atoms with van der Waals surface area (Å²) in [5, 5.41) is 2.55. The predicted molar refractivity (Wildman–Crippen MR) is 275 cm³/mol. The van der Waals surface area contributed by atoms with Crippen molar-refractivity contribution in [1.29, 1.82) is 0 Å². The molecule has 1 heteroatoms. The summed E-state index contributed by atoms with van der Waals surface area (Å²) in [7, 11) is 0. The van der Waals surface area contributed by atoms with Gasteiger partial charge in [-0.2, -0.15) is 0 Å². The molecule has 0 aliphatic heterocycles. The minimum absolute atomic E-state index is 0.149. The summed E-state index contributed by atoms with van der Waals surface area (Å²) < 4.78 is 0. The van der Waals surface area contributed by atoms with Crippen LogP contribution in [0.25, 0.3) is 66.4 Å². The summed E-state index contributed by atoms with van der Waals surface area (Å²) in [6.45, 7) is 9.62. The van der Waals surface area contributed by atoms with E-state index < -0.39 is 5.41 Å². The maximum Gasteiger partial charge on any atom is 0.0726 e. The molecule has 0 N–H and O–H groups in total. The topological polar surface area (TPSA) is 3.24 Å². The largest absolute Gasteiger partial charge is 0.310 e. The minimum Gasteiger partial charge on any atom is -0.310 e. The molecule has 4 aliphatic rings. The van der Waals surface area contributed by atoms with Crippen molar-refractivity contribution in [3.8, 4) is 55.6 Å². The van der Waals surface area contributed by atoms with Crippen molar-refractivity contribution in [1.82, 2.24) is 0 Å². The first-order chi connectivity index (χ1) is 32.3. The SMILES string of the molecule is CC1(C)c2ccccc2-c2ccc(N(c3ccc4c(c3)C(C)(C)c3cc(-c5cccc6ccccc56)ccc3-4)c3cccc4c3-c3ccccc3C43c4ccccc4-c4ccccc43)cc21. The Bertz CT molecular complexity index is 3680. The first kappa shape index (κ1) is 37.6. The molecular formula is C65H47N. The van der Waals surface area contributed by atoms with Crippen molar-refractivity contribution in [2.75, 3.05) is 4.90 Å². The van der Waals surface area contributed by atoms with E-state index in [4.69, 9.17) is 0 Å². The molecule has 312 valence electrons. The minimum atomic E-state index is -0.439. The van der Waals surface area contributed by atoms with E-state index in [2.05, 4.69) is 245 Å². The van der Waals surface area contributed by atoms with E-state index in [9.17, 15) is 0 Å². The molecule has 0 radical (unpaired) electrons. The lowest BCUT2D eigenvalue weighted by atomic mass is 9.70. The summed E-state index contributed by atoms with van der Waals surface area (Å²) in [6, 6.07) is 80.7. The monoisotopic (exact) mass is 841 g/mol. The molecule has 0 amide bonds. The van der Waals surface area contributed by atoms with Gasteiger partial charge in [0.2, 0.25) is 0 Å². The van der Waals surface area contributed by atoms with Crippen LogP contribution in [-0.4, -0.2) is 0 Å². The molecule has 14 rings (SSSR count). The predicted octanol–water partition coefficient (Wildman–Crippen LogP) is 16.9. The molecule has 0 saturated heterocycles. The van der Waals surface area contributed by atoms with Crippen molar-refractivity contribution in [3.05, 3.63) is 257 Å². The molecule has 0 unspecified atom stereocenters. The van der Waals surface area contributed by atoms with Gasteiger partial charge in [-0.3, -0.25) is 0 Å². The van der Waals surface area contributed by atoms with E-state index in [1.165, 1.54) is 122 Å². The molecule has 0 bridgehead atoms. The van der Waals surface area contributed by atoms with Crippen molar-refractivity contribution < 1.29 is 0 Å². The quantitative estimate of drug-likeness (QED) is 0.171. The van der Waals surface area contributed by atoms with E-state index in [0.717, 1.165) is 5.69 Å². The zero-order valence-corrected chi connectivity index (χ0v) is 37.7. The Morgan fingerprint density at radius 3 is 1.38 bits per heavy atom. The average Bonchev–Trinajstić information content (AvgIpc) is 3.99. The fourth-order valence-corrected chi connectivity index (χ4v) is 13.1. The number of hydrogen-bond donors (Lipinski definition) is 0. The Balaban J connectivity index is 1.00. The van der Waals surface area contributed by atoms with Crippen LogP contribution in [0.3, 0.4) is 0 Å². The van der Waals surface area contributed by atoms with Gasteiger partial charge in [-0.1, -0.05) is 204 Å². The number of nitrogens with zero attached hydrogens (tertiary/aromatic N) is 1. The molecule has 0 aromatic heterocycles. The van der Waals surface area contributed by atoms with Crippen LogP contribution < -0.4 is 4.90 Å². The van der Waals surface area contributed by atoms with Crippen molar-refractivity contribution in [2.24, 2.45) is 0 Å². The van der Waals surface area contributed by atoms with Crippen LogP contribution in [0.15, 0.2) is 212 Å². The van der Waals surface area contributed by atoms with E-state index in [1.807, 2.05) is 0 Å². The number of hydrogen-bond acceptors (Lipinski definition) is 1. The van der Waals surface area contributed by atoms with Gasteiger partial charge in [0.05, 0.1) is 11.1 Å². The van der Waals surface area contributed by atoms with Gasteiger partial charge in [0, 0.05) is 27.8 Å². The molecule has 0 heterocycles. The van der Waals surface area contributed by atoms with E-state index in [1.54, 1.807) is 0 Å². The molecule has 4 aliphatic carbocycles. The van der Waals surface area contributed by atoms with Gasteiger partial charge in [-0.05, 0) is 142 Å². The summed E-state index contributed by atoms with van der Waals surface area (Å²) in [5.41, 5.74) is 26.7. The number of benzene rings is 10. The van der Waals surface area contributed by atoms with Crippen molar-refractivity contribution in [2.45, 2.75) is 43.9 Å². The van der Waals surface area contributed by atoms with Crippen LogP contribution in [0.5, 0.6) is 0 Å². The molecule has 0 saturated carbocycles. The highest BCUT2D eigenvalue weighted by atomic mass is 15.1. The smallest absolute Gasteiger partial charge is 0.0726 e. The molecule has 1 spiro atoms. The first-order valence-electron chi connectivity index (χ1n) is 23.5. The number of anilines is 3. The van der Waals surface area contributed by atoms with Crippen molar-refractivity contribution >= 4 is 27.8 Å². The fraction of sp³-hybridized carbons (Fsp3) is 0.108. The van der Waals surface area contributed by atoms with E-state index in [-0.39, 0.29) is 10.8 Å². The second kappa shape index (κ2) is 13.2. The van der Waals surface area contributed by atoms with Crippen LogP contribution in [-0.2, 0) is 16.2 Å². The van der Waals surface area contributed by atoms with Crippen LogP contribution in [0.2, 0.25) is 0 Å². The molecular weight excluding hydrogens is 795 g/mol. The Hall–Kier alpha value is -7.74. The van der Waals surface area contributed by atoms with Crippen LogP contribution in [0, 0.1) is 0 Å². The van der Waals surface area contributed by atoms with Gasteiger partial charge >= 0.3 is 0 Å². The van der Waals surface area contributed by atoms with Gasteiger partial charge in [0.1, 0.15) is 0 Å². The van der Waals surface area contributed by atoms with Gasteiger partial charge in [0.15, 0.2) is 0 Å². The first-order valence-corrected chi connectivity index (χ1v) is 23.5. The lowest BCUT2D eigenvalue weighted by molar-refractivity contribution is 0.660. The van der Waals surface area contributed by atoms with Gasteiger partial charge in [-0.25, -0.2) is 0 Å².